The van der Waals surface area contributed by atoms with Crippen molar-refractivity contribution in [2.45, 2.75) is 6.61 Å². The first kappa shape index (κ1) is 12.1. The third-order valence-corrected chi connectivity index (χ3v) is 3.15. The van der Waals surface area contributed by atoms with Gasteiger partial charge in [-0.15, -0.1) is 0 Å². The molecular weight excluding hydrogens is 244 g/mol. The van der Waals surface area contributed by atoms with Crippen molar-refractivity contribution >= 4 is 5.82 Å². The second-order valence-corrected chi connectivity index (χ2v) is 4.42. The molecule has 1 fully saturated rings. The van der Waals surface area contributed by atoms with Gasteiger partial charge in [0.15, 0.2) is 0 Å². The second kappa shape index (κ2) is 5.38. The fraction of sp³-hybridized carbons (Fsp3) is 0.385. The Hall–Kier alpha value is -1.92. The zero-order valence-corrected chi connectivity index (χ0v) is 10.6. The van der Waals surface area contributed by atoms with Gasteiger partial charge in [-0.05, 0) is 6.07 Å². The summed E-state index contributed by atoms with van der Waals surface area (Å²) < 4.78 is 7.09. The van der Waals surface area contributed by atoms with Crippen LogP contribution in [0.25, 0.3) is 5.69 Å². The zero-order chi connectivity index (χ0) is 13.1. The predicted octanol–water partition coefficient (Wildman–Crippen LogP) is 0.596. The van der Waals surface area contributed by atoms with Crippen LogP contribution in [-0.4, -0.2) is 46.2 Å². The van der Waals surface area contributed by atoms with Crippen LogP contribution in [0.1, 0.15) is 5.56 Å². The predicted molar refractivity (Wildman–Crippen MR) is 70.3 cm³/mol. The molecule has 100 valence electrons. The number of nitrogens with zero attached hydrogens (tertiary/aromatic N) is 4. The molecule has 1 aliphatic rings. The van der Waals surface area contributed by atoms with E-state index in [-0.39, 0.29) is 6.61 Å². The lowest BCUT2D eigenvalue weighted by Crippen LogP contribution is -2.36. The lowest BCUT2D eigenvalue weighted by Gasteiger charge is -2.27. The molecule has 0 bridgehead atoms. The Bertz CT molecular complexity index is 549. The summed E-state index contributed by atoms with van der Waals surface area (Å²) in [5.41, 5.74) is 1.74. The highest BCUT2D eigenvalue weighted by atomic mass is 16.5. The lowest BCUT2D eigenvalue weighted by molar-refractivity contribution is 0.122. The summed E-state index contributed by atoms with van der Waals surface area (Å²) in [4.78, 5) is 6.59. The summed E-state index contributed by atoms with van der Waals surface area (Å²) in [5.74, 6) is 0.932. The number of pyridine rings is 1. The number of aliphatic hydroxyl groups excluding tert-OH is 1. The maximum absolute atomic E-state index is 9.07. The monoisotopic (exact) mass is 260 g/mol. The van der Waals surface area contributed by atoms with E-state index >= 15 is 0 Å². The van der Waals surface area contributed by atoms with E-state index in [1.807, 2.05) is 18.3 Å². The summed E-state index contributed by atoms with van der Waals surface area (Å²) in [6, 6.07) is 3.90. The smallest absolute Gasteiger partial charge is 0.130 e. The van der Waals surface area contributed by atoms with Crippen molar-refractivity contribution in [1.82, 2.24) is 14.8 Å². The Morgan fingerprint density at radius 2 is 2.16 bits per heavy atom. The van der Waals surface area contributed by atoms with Crippen molar-refractivity contribution in [3.8, 4) is 5.69 Å². The topological polar surface area (TPSA) is 63.4 Å². The standard InChI is InChI=1S/C13H16N4O2/c18-10-11-8-15-17(9-11)12-1-2-14-13(7-12)16-3-5-19-6-4-16/h1-2,7-9,18H,3-6,10H2. The molecule has 0 aromatic carbocycles. The number of aromatic nitrogens is 3. The first-order valence-corrected chi connectivity index (χ1v) is 6.30. The summed E-state index contributed by atoms with van der Waals surface area (Å²) >= 11 is 0. The fourth-order valence-corrected chi connectivity index (χ4v) is 2.10. The highest BCUT2D eigenvalue weighted by Crippen LogP contribution is 2.17. The molecule has 0 aliphatic carbocycles. The van der Waals surface area contributed by atoms with E-state index in [4.69, 9.17) is 9.84 Å². The van der Waals surface area contributed by atoms with E-state index in [1.165, 1.54) is 0 Å². The van der Waals surface area contributed by atoms with Crippen molar-refractivity contribution in [3.05, 3.63) is 36.3 Å². The van der Waals surface area contributed by atoms with Gasteiger partial charge in [-0.1, -0.05) is 0 Å². The highest BCUT2D eigenvalue weighted by Gasteiger charge is 2.13. The molecule has 3 heterocycles. The summed E-state index contributed by atoms with van der Waals surface area (Å²) in [5, 5.41) is 13.3. The van der Waals surface area contributed by atoms with Gasteiger partial charge in [0.25, 0.3) is 0 Å². The fourth-order valence-electron chi connectivity index (χ4n) is 2.10. The van der Waals surface area contributed by atoms with Crippen molar-refractivity contribution in [2.24, 2.45) is 0 Å². The number of hydrogen-bond acceptors (Lipinski definition) is 5. The Morgan fingerprint density at radius 3 is 2.89 bits per heavy atom. The minimum Gasteiger partial charge on any atom is -0.392 e. The van der Waals surface area contributed by atoms with Gasteiger partial charge in [0.1, 0.15) is 5.82 Å². The first-order valence-electron chi connectivity index (χ1n) is 6.30. The van der Waals surface area contributed by atoms with Crippen LogP contribution in [0.15, 0.2) is 30.7 Å². The molecule has 1 saturated heterocycles. The molecule has 3 rings (SSSR count). The number of aliphatic hydroxyl groups is 1. The number of morpholine rings is 1. The van der Waals surface area contributed by atoms with Gasteiger partial charge >= 0.3 is 0 Å². The van der Waals surface area contributed by atoms with Crippen LogP contribution in [0.4, 0.5) is 5.82 Å². The Morgan fingerprint density at radius 1 is 1.32 bits per heavy atom. The third kappa shape index (κ3) is 2.59. The molecule has 6 heteroatoms. The van der Waals surface area contributed by atoms with E-state index in [0.29, 0.717) is 0 Å². The molecule has 0 saturated carbocycles. The maximum atomic E-state index is 9.07. The molecule has 6 nitrogen and oxygen atoms in total. The lowest BCUT2D eigenvalue weighted by atomic mass is 10.3. The highest BCUT2D eigenvalue weighted by molar-refractivity contribution is 5.47. The van der Waals surface area contributed by atoms with Crippen molar-refractivity contribution in [2.75, 3.05) is 31.2 Å². The van der Waals surface area contributed by atoms with E-state index < -0.39 is 0 Å². The molecule has 0 unspecified atom stereocenters. The van der Waals surface area contributed by atoms with E-state index in [9.17, 15) is 0 Å². The average molecular weight is 260 g/mol. The largest absolute Gasteiger partial charge is 0.392 e. The summed E-state index contributed by atoms with van der Waals surface area (Å²) in [7, 11) is 0. The van der Waals surface area contributed by atoms with Crippen LogP contribution in [0.5, 0.6) is 0 Å². The average Bonchev–Trinajstić information content (AvgIpc) is 2.97. The normalized spacial score (nSPS) is 15.7. The number of ether oxygens (including phenoxy) is 1. The van der Waals surface area contributed by atoms with Crippen molar-refractivity contribution in [3.63, 3.8) is 0 Å². The first-order chi connectivity index (χ1) is 9.36. The Labute approximate surface area is 111 Å². The molecule has 1 N–H and O–H groups in total. The molecule has 1 aliphatic heterocycles. The van der Waals surface area contributed by atoms with E-state index in [1.54, 1.807) is 17.1 Å². The van der Waals surface area contributed by atoms with Gasteiger partial charge < -0.3 is 14.7 Å². The molecule has 0 amide bonds. The number of hydrogen-bond donors (Lipinski definition) is 1. The van der Waals surface area contributed by atoms with Gasteiger partial charge in [-0.3, -0.25) is 0 Å². The van der Waals surface area contributed by atoms with Gasteiger partial charge in [0.05, 0.1) is 31.7 Å². The van der Waals surface area contributed by atoms with Gasteiger partial charge in [0.2, 0.25) is 0 Å². The maximum Gasteiger partial charge on any atom is 0.130 e. The summed E-state index contributed by atoms with van der Waals surface area (Å²) in [6.07, 6.45) is 5.26. The third-order valence-electron chi connectivity index (χ3n) is 3.15. The van der Waals surface area contributed by atoms with Crippen LogP contribution in [-0.2, 0) is 11.3 Å². The van der Waals surface area contributed by atoms with E-state index in [0.717, 1.165) is 43.4 Å². The van der Waals surface area contributed by atoms with Gasteiger partial charge in [0, 0.05) is 37.1 Å². The minimum atomic E-state index is 0.00139. The molecule has 2 aromatic rings. The van der Waals surface area contributed by atoms with Crippen LogP contribution in [0.2, 0.25) is 0 Å². The molecular formula is C13H16N4O2. The number of anilines is 1. The van der Waals surface area contributed by atoms with E-state index in [2.05, 4.69) is 15.0 Å². The SMILES string of the molecule is OCc1cnn(-c2ccnc(N3CCOCC3)c2)c1. The van der Waals surface area contributed by atoms with Crippen LogP contribution >= 0.6 is 0 Å². The van der Waals surface area contributed by atoms with Crippen LogP contribution < -0.4 is 4.90 Å². The summed E-state index contributed by atoms with van der Waals surface area (Å²) in [6.45, 7) is 3.20. The second-order valence-electron chi connectivity index (χ2n) is 4.42. The molecule has 0 atom stereocenters. The van der Waals surface area contributed by atoms with Crippen molar-refractivity contribution in [1.29, 1.82) is 0 Å². The molecule has 0 radical (unpaired) electrons. The quantitative estimate of drug-likeness (QED) is 0.875. The Balaban J connectivity index is 1.86. The molecule has 19 heavy (non-hydrogen) atoms. The minimum absolute atomic E-state index is 0.00139. The zero-order valence-electron chi connectivity index (χ0n) is 10.6. The molecule has 2 aromatic heterocycles. The Kier molecular flexibility index (Phi) is 3.43. The van der Waals surface area contributed by atoms with Crippen LogP contribution in [0, 0.1) is 0 Å². The van der Waals surface area contributed by atoms with Crippen molar-refractivity contribution < 1.29 is 9.84 Å². The van der Waals surface area contributed by atoms with Gasteiger partial charge in [-0.25, -0.2) is 9.67 Å². The van der Waals surface area contributed by atoms with Gasteiger partial charge in [-0.2, -0.15) is 5.10 Å². The molecule has 0 spiro atoms. The number of rotatable bonds is 3. The van der Waals surface area contributed by atoms with Crippen LogP contribution in [0.3, 0.4) is 0 Å².